The summed E-state index contributed by atoms with van der Waals surface area (Å²) < 4.78 is 0. The molecule has 0 heterocycles. The highest BCUT2D eigenvalue weighted by molar-refractivity contribution is 5.98. The molecule has 1 aromatic rings. The molecule has 0 spiro atoms. The molecule has 0 aromatic heterocycles. The number of hydrogen-bond donors (Lipinski definition) is 3. The van der Waals surface area contributed by atoms with Gasteiger partial charge >= 0.3 is 0 Å². The third-order valence-electron chi connectivity index (χ3n) is 2.94. The third-order valence-corrected chi connectivity index (χ3v) is 2.94. The van der Waals surface area contributed by atoms with Gasteiger partial charge in [-0.15, -0.1) is 0 Å². The van der Waals surface area contributed by atoms with Gasteiger partial charge in [-0.2, -0.15) is 0 Å². The van der Waals surface area contributed by atoms with Crippen LogP contribution < -0.4 is 16.4 Å². The fourth-order valence-electron chi connectivity index (χ4n) is 2.00. The Labute approximate surface area is 132 Å². The Balaban J connectivity index is 2.76. The monoisotopic (exact) mass is 305 g/mol. The average Bonchev–Trinajstić information content (AvgIpc) is 2.36. The average molecular weight is 305 g/mol. The Hall–Kier alpha value is -1.88. The number of carbonyl (C=O) groups excluding carboxylic acids is 2. The van der Waals surface area contributed by atoms with Gasteiger partial charge in [0, 0.05) is 16.8 Å². The molecule has 1 rings (SSSR count). The summed E-state index contributed by atoms with van der Waals surface area (Å²) in [6.45, 7) is 9.79. The second-order valence-electron chi connectivity index (χ2n) is 7.01. The maximum Gasteiger partial charge on any atom is 0.251 e. The van der Waals surface area contributed by atoms with E-state index in [2.05, 4.69) is 10.6 Å². The van der Waals surface area contributed by atoms with Crippen LogP contribution >= 0.6 is 0 Å². The first-order valence-electron chi connectivity index (χ1n) is 7.57. The number of amides is 2. The smallest absolute Gasteiger partial charge is 0.251 e. The molecule has 0 saturated carbocycles. The molecule has 0 unspecified atom stereocenters. The zero-order chi connectivity index (χ0) is 16.9. The normalized spacial score (nSPS) is 12.9. The molecular weight excluding hydrogens is 278 g/mol. The SMILES string of the molecule is CC(C)C[C@H](N)C(=O)Nc1cccc(C(=O)NC(C)(C)C)c1. The van der Waals surface area contributed by atoms with Crippen LogP contribution in [0.1, 0.15) is 51.4 Å². The van der Waals surface area contributed by atoms with E-state index in [9.17, 15) is 9.59 Å². The standard InChI is InChI=1S/C17H27N3O2/c1-11(2)9-14(18)16(22)19-13-8-6-7-12(10-13)15(21)20-17(3,4)5/h6-8,10-11,14H,9,18H2,1-5H3,(H,19,22)(H,20,21)/t14-/m0/s1. The Morgan fingerprint density at radius 1 is 1.23 bits per heavy atom. The van der Waals surface area contributed by atoms with Crippen molar-refractivity contribution in [1.82, 2.24) is 5.32 Å². The van der Waals surface area contributed by atoms with Gasteiger partial charge in [0.05, 0.1) is 6.04 Å². The van der Waals surface area contributed by atoms with E-state index in [0.29, 0.717) is 23.6 Å². The minimum absolute atomic E-state index is 0.171. The van der Waals surface area contributed by atoms with Gasteiger partial charge in [-0.3, -0.25) is 9.59 Å². The molecule has 0 aliphatic rings. The van der Waals surface area contributed by atoms with Crippen LogP contribution in [0.5, 0.6) is 0 Å². The van der Waals surface area contributed by atoms with E-state index in [1.807, 2.05) is 34.6 Å². The quantitative estimate of drug-likeness (QED) is 0.781. The van der Waals surface area contributed by atoms with Crippen molar-refractivity contribution >= 4 is 17.5 Å². The number of hydrogen-bond acceptors (Lipinski definition) is 3. The Morgan fingerprint density at radius 2 is 1.86 bits per heavy atom. The largest absolute Gasteiger partial charge is 0.347 e. The van der Waals surface area contributed by atoms with Gasteiger partial charge < -0.3 is 16.4 Å². The molecule has 2 amide bonds. The summed E-state index contributed by atoms with van der Waals surface area (Å²) in [6.07, 6.45) is 0.621. The van der Waals surface area contributed by atoms with Crippen molar-refractivity contribution in [2.45, 2.75) is 52.6 Å². The molecule has 5 nitrogen and oxygen atoms in total. The number of carbonyl (C=O) groups is 2. The number of nitrogens with one attached hydrogen (secondary N) is 2. The predicted molar refractivity (Wildman–Crippen MR) is 89.7 cm³/mol. The summed E-state index contributed by atoms with van der Waals surface area (Å²) in [5.41, 5.74) is 6.63. The van der Waals surface area contributed by atoms with E-state index >= 15 is 0 Å². The van der Waals surface area contributed by atoms with Crippen molar-refractivity contribution in [1.29, 1.82) is 0 Å². The van der Waals surface area contributed by atoms with Crippen LogP contribution in [-0.2, 0) is 4.79 Å². The van der Waals surface area contributed by atoms with E-state index in [1.54, 1.807) is 24.3 Å². The van der Waals surface area contributed by atoms with Gasteiger partial charge in [0.1, 0.15) is 0 Å². The highest BCUT2D eigenvalue weighted by Crippen LogP contribution is 2.13. The molecule has 0 saturated heterocycles. The van der Waals surface area contributed by atoms with Crippen LogP contribution in [0.15, 0.2) is 24.3 Å². The second kappa shape index (κ2) is 7.40. The molecule has 1 aromatic carbocycles. The van der Waals surface area contributed by atoms with Crippen molar-refractivity contribution in [3.8, 4) is 0 Å². The fraction of sp³-hybridized carbons (Fsp3) is 0.529. The summed E-state index contributed by atoms with van der Waals surface area (Å²) in [4.78, 5) is 24.2. The Morgan fingerprint density at radius 3 is 2.41 bits per heavy atom. The van der Waals surface area contributed by atoms with Crippen LogP contribution in [0.25, 0.3) is 0 Å². The molecule has 0 aliphatic carbocycles. The molecule has 0 radical (unpaired) electrons. The maximum atomic E-state index is 12.1. The molecular formula is C17H27N3O2. The summed E-state index contributed by atoms with van der Waals surface area (Å²) in [5.74, 6) is -0.0539. The minimum atomic E-state index is -0.549. The lowest BCUT2D eigenvalue weighted by Crippen LogP contribution is -2.40. The van der Waals surface area contributed by atoms with Crippen LogP contribution in [0.4, 0.5) is 5.69 Å². The molecule has 0 bridgehead atoms. The first kappa shape index (κ1) is 18.2. The minimum Gasteiger partial charge on any atom is -0.347 e. The van der Waals surface area contributed by atoms with Crippen molar-refractivity contribution in [2.24, 2.45) is 11.7 Å². The van der Waals surface area contributed by atoms with E-state index in [1.165, 1.54) is 0 Å². The lowest BCUT2D eigenvalue weighted by Gasteiger charge is -2.20. The Kier molecular flexibility index (Phi) is 6.11. The van der Waals surface area contributed by atoms with E-state index in [0.717, 1.165) is 0 Å². The number of benzene rings is 1. The van der Waals surface area contributed by atoms with Crippen LogP contribution in [0.2, 0.25) is 0 Å². The predicted octanol–water partition coefficient (Wildman–Crippen LogP) is 2.53. The molecule has 1 atom stereocenters. The van der Waals surface area contributed by atoms with Gasteiger partial charge in [0.2, 0.25) is 5.91 Å². The first-order valence-corrected chi connectivity index (χ1v) is 7.57. The molecule has 5 heteroatoms. The first-order chi connectivity index (χ1) is 10.1. The van der Waals surface area contributed by atoms with Crippen molar-refractivity contribution in [3.05, 3.63) is 29.8 Å². The zero-order valence-electron chi connectivity index (χ0n) is 14.1. The highest BCUT2D eigenvalue weighted by atomic mass is 16.2. The lowest BCUT2D eigenvalue weighted by molar-refractivity contribution is -0.117. The maximum absolute atomic E-state index is 12.1. The van der Waals surface area contributed by atoms with Crippen LogP contribution in [0, 0.1) is 5.92 Å². The van der Waals surface area contributed by atoms with E-state index in [-0.39, 0.29) is 17.4 Å². The van der Waals surface area contributed by atoms with Gasteiger partial charge in [-0.25, -0.2) is 0 Å². The summed E-state index contributed by atoms with van der Waals surface area (Å²) in [5, 5.41) is 5.65. The van der Waals surface area contributed by atoms with Crippen molar-refractivity contribution in [3.63, 3.8) is 0 Å². The van der Waals surface area contributed by atoms with Crippen molar-refractivity contribution < 1.29 is 9.59 Å². The number of rotatable bonds is 5. The topological polar surface area (TPSA) is 84.2 Å². The fourth-order valence-corrected chi connectivity index (χ4v) is 2.00. The highest BCUT2D eigenvalue weighted by Gasteiger charge is 2.17. The lowest BCUT2D eigenvalue weighted by atomic mass is 10.0. The summed E-state index contributed by atoms with van der Waals surface area (Å²) in [7, 11) is 0. The number of nitrogens with two attached hydrogens (primary N) is 1. The molecule has 122 valence electrons. The van der Waals surface area contributed by atoms with Gasteiger partial charge in [0.15, 0.2) is 0 Å². The second-order valence-corrected chi connectivity index (χ2v) is 7.01. The third kappa shape index (κ3) is 6.26. The van der Waals surface area contributed by atoms with E-state index in [4.69, 9.17) is 5.73 Å². The van der Waals surface area contributed by atoms with Gasteiger partial charge in [-0.05, 0) is 51.3 Å². The van der Waals surface area contributed by atoms with Gasteiger partial charge in [-0.1, -0.05) is 19.9 Å². The number of anilines is 1. The van der Waals surface area contributed by atoms with Gasteiger partial charge in [0.25, 0.3) is 5.91 Å². The Bertz CT molecular complexity index is 533. The molecule has 0 aliphatic heterocycles. The summed E-state index contributed by atoms with van der Waals surface area (Å²) >= 11 is 0. The zero-order valence-corrected chi connectivity index (χ0v) is 14.1. The van der Waals surface area contributed by atoms with Crippen LogP contribution in [-0.4, -0.2) is 23.4 Å². The van der Waals surface area contributed by atoms with Crippen LogP contribution in [0.3, 0.4) is 0 Å². The molecule has 4 N–H and O–H groups in total. The van der Waals surface area contributed by atoms with E-state index < -0.39 is 6.04 Å². The molecule has 22 heavy (non-hydrogen) atoms. The van der Waals surface area contributed by atoms with Crippen molar-refractivity contribution in [2.75, 3.05) is 5.32 Å². The summed E-state index contributed by atoms with van der Waals surface area (Å²) in [6, 6.07) is 6.30. The molecule has 0 fully saturated rings.